The van der Waals surface area contributed by atoms with Crippen LogP contribution in [0.15, 0.2) is 12.1 Å². The molecule has 0 N–H and O–H groups in total. The number of anilines is 1. The van der Waals surface area contributed by atoms with Crippen LogP contribution in [-0.2, 0) is 9.53 Å². The van der Waals surface area contributed by atoms with Crippen LogP contribution in [0.3, 0.4) is 0 Å². The van der Waals surface area contributed by atoms with Crippen LogP contribution in [0.25, 0.3) is 0 Å². The number of rotatable bonds is 4. The highest BCUT2D eigenvalue weighted by Gasteiger charge is 2.36. The van der Waals surface area contributed by atoms with Gasteiger partial charge in [-0.15, -0.1) is 0 Å². The lowest BCUT2D eigenvalue weighted by Crippen LogP contribution is -2.31. The molecule has 0 saturated heterocycles. The molecule has 1 aliphatic heterocycles. The number of fused-ring (bicyclic) bond motifs is 1. The first-order valence-electron chi connectivity index (χ1n) is 6.02. The summed E-state index contributed by atoms with van der Waals surface area (Å²) in [5, 5.41) is 0. The molecule has 1 heterocycles. The standard InChI is InChI=1S/C14H17NO3/c1-9-7-10(2)12-11(8-9)15(5-4-6-18-3)14(17)13(12)16/h7-8H,4-6H2,1-3H3. The van der Waals surface area contributed by atoms with E-state index in [2.05, 4.69) is 0 Å². The molecule has 0 aliphatic carbocycles. The summed E-state index contributed by atoms with van der Waals surface area (Å²) in [7, 11) is 1.62. The third kappa shape index (κ3) is 2.04. The van der Waals surface area contributed by atoms with Crippen molar-refractivity contribution < 1.29 is 14.3 Å². The fourth-order valence-electron chi connectivity index (χ4n) is 2.38. The molecule has 0 fully saturated rings. The Hall–Kier alpha value is -1.68. The molecule has 18 heavy (non-hydrogen) atoms. The van der Waals surface area contributed by atoms with Crippen LogP contribution in [0.1, 0.15) is 27.9 Å². The fraction of sp³-hybridized carbons (Fsp3) is 0.429. The second kappa shape index (κ2) is 4.90. The normalized spacial score (nSPS) is 14.3. The molecule has 0 atom stereocenters. The van der Waals surface area contributed by atoms with Crippen molar-refractivity contribution in [2.24, 2.45) is 0 Å². The molecule has 1 aliphatic rings. The summed E-state index contributed by atoms with van der Waals surface area (Å²) in [6.45, 7) is 4.94. The Bertz CT molecular complexity index is 508. The molecule has 4 heteroatoms. The number of carbonyl (C=O) groups is 2. The van der Waals surface area contributed by atoms with E-state index >= 15 is 0 Å². The molecule has 1 amide bonds. The van der Waals surface area contributed by atoms with Crippen molar-refractivity contribution in [3.05, 3.63) is 28.8 Å². The van der Waals surface area contributed by atoms with E-state index in [0.29, 0.717) is 18.7 Å². The average Bonchev–Trinajstić information content (AvgIpc) is 2.54. The fourth-order valence-corrected chi connectivity index (χ4v) is 2.38. The zero-order chi connectivity index (χ0) is 13.3. The molecule has 2 rings (SSSR count). The number of methoxy groups -OCH3 is 1. The van der Waals surface area contributed by atoms with Gasteiger partial charge in [0, 0.05) is 20.3 Å². The maximum Gasteiger partial charge on any atom is 0.299 e. The molecule has 1 aromatic carbocycles. The summed E-state index contributed by atoms with van der Waals surface area (Å²) < 4.78 is 4.98. The molecule has 0 aromatic heterocycles. The van der Waals surface area contributed by atoms with Crippen molar-refractivity contribution in [1.29, 1.82) is 0 Å². The predicted molar refractivity (Wildman–Crippen MR) is 69.1 cm³/mol. The van der Waals surface area contributed by atoms with E-state index in [1.807, 2.05) is 26.0 Å². The molecular formula is C14H17NO3. The number of carbonyl (C=O) groups excluding carboxylic acids is 2. The molecule has 0 bridgehead atoms. The molecule has 1 aromatic rings. The summed E-state index contributed by atoms with van der Waals surface area (Å²) >= 11 is 0. The van der Waals surface area contributed by atoms with Gasteiger partial charge in [-0.25, -0.2) is 0 Å². The van der Waals surface area contributed by atoms with E-state index < -0.39 is 5.91 Å². The Morgan fingerprint density at radius 2 is 1.94 bits per heavy atom. The smallest absolute Gasteiger partial charge is 0.299 e. The van der Waals surface area contributed by atoms with Crippen molar-refractivity contribution in [2.75, 3.05) is 25.2 Å². The molecule has 96 valence electrons. The van der Waals surface area contributed by atoms with Gasteiger partial charge in [0.15, 0.2) is 0 Å². The topological polar surface area (TPSA) is 46.6 Å². The Morgan fingerprint density at radius 1 is 1.22 bits per heavy atom. The Balaban J connectivity index is 2.35. The van der Waals surface area contributed by atoms with Gasteiger partial charge in [-0.3, -0.25) is 9.59 Å². The van der Waals surface area contributed by atoms with Gasteiger partial charge in [0.2, 0.25) is 0 Å². The number of nitrogens with zero attached hydrogens (tertiary/aromatic N) is 1. The summed E-state index contributed by atoms with van der Waals surface area (Å²) in [5.74, 6) is -0.810. The van der Waals surface area contributed by atoms with Crippen molar-refractivity contribution in [1.82, 2.24) is 0 Å². The minimum atomic E-state index is -0.421. The van der Waals surface area contributed by atoms with Crippen LogP contribution >= 0.6 is 0 Å². The first-order chi connectivity index (χ1) is 8.56. The van der Waals surface area contributed by atoms with E-state index in [1.54, 1.807) is 12.0 Å². The molecule has 4 nitrogen and oxygen atoms in total. The lowest BCUT2D eigenvalue weighted by Gasteiger charge is -2.17. The number of benzene rings is 1. The van der Waals surface area contributed by atoms with E-state index in [-0.39, 0.29) is 5.78 Å². The quantitative estimate of drug-likeness (QED) is 0.602. The van der Waals surface area contributed by atoms with Gasteiger partial charge in [-0.2, -0.15) is 0 Å². The van der Waals surface area contributed by atoms with Crippen LogP contribution in [0, 0.1) is 13.8 Å². The number of ether oxygens (including phenoxy) is 1. The van der Waals surface area contributed by atoms with Crippen molar-refractivity contribution in [2.45, 2.75) is 20.3 Å². The van der Waals surface area contributed by atoms with Crippen LogP contribution in [0.4, 0.5) is 5.69 Å². The highest BCUT2D eigenvalue weighted by atomic mass is 16.5. The third-order valence-electron chi connectivity index (χ3n) is 3.15. The van der Waals surface area contributed by atoms with Crippen LogP contribution in [0.2, 0.25) is 0 Å². The SMILES string of the molecule is COCCCN1C(=O)C(=O)c2c(C)cc(C)cc21. The molecule has 0 radical (unpaired) electrons. The van der Waals surface area contributed by atoms with Crippen LogP contribution in [-0.4, -0.2) is 32.0 Å². The number of aryl methyl sites for hydroxylation is 2. The van der Waals surface area contributed by atoms with Crippen molar-refractivity contribution in [3.63, 3.8) is 0 Å². The van der Waals surface area contributed by atoms with Crippen molar-refractivity contribution >= 4 is 17.4 Å². The highest BCUT2D eigenvalue weighted by molar-refractivity contribution is 6.52. The van der Waals surface area contributed by atoms with Gasteiger partial charge < -0.3 is 9.64 Å². The van der Waals surface area contributed by atoms with E-state index in [9.17, 15) is 9.59 Å². The largest absolute Gasteiger partial charge is 0.385 e. The minimum absolute atomic E-state index is 0.389. The van der Waals surface area contributed by atoms with Gasteiger partial charge >= 0.3 is 0 Å². The van der Waals surface area contributed by atoms with Crippen LogP contribution in [0.5, 0.6) is 0 Å². The average molecular weight is 247 g/mol. The maximum absolute atomic E-state index is 12.0. The maximum atomic E-state index is 12.0. The Kier molecular flexibility index (Phi) is 3.48. The first-order valence-corrected chi connectivity index (χ1v) is 6.02. The second-order valence-corrected chi connectivity index (χ2v) is 4.61. The molecular weight excluding hydrogens is 230 g/mol. The van der Waals surface area contributed by atoms with Gasteiger partial charge in [0.1, 0.15) is 0 Å². The van der Waals surface area contributed by atoms with Gasteiger partial charge in [-0.1, -0.05) is 6.07 Å². The number of ketones is 1. The number of amides is 1. The van der Waals surface area contributed by atoms with E-state index in [1.165, 1.54) is 0 Å². The van der Waals surface area contributed by atoms with Crippen LogP contribution < -0.4 is 4.90 Å². The number of hydrogen-bond donors (Lipinski definition) is 0. The molecule has 0 spiro atoms. The van der Waals surface area contributed by atoms with Gasteiger partial charge in [-0.05, 0) is 37.5 Å². The highest BCUT2D eigenvalue weighted by Crippen LogP contribution is 2.32. The van der Waals surface area contributed by atoms with Gasteiger partial charge in [0.05, 0.1) is 11.3 Å². The summed E-state index contributed by atoms with van der Waals surface area (Å²) in [6, 6.07) is 3.83. The Morgan fingerprint density at radius 3 is 2.61 bits per heavy atom. The van der Waals surface area contributed by atoms with Crippen molar-refractivity contribution in [3.8, 4) is 0 Å². The van der Waals surface area contributed by atoms with E-state index in [4.69, 9.17) is 4.74 Å². The summed E-state index contributed by atoms with van der Waals surface area (Å²) in [4.78, 5) is 25.5. The summed E-state index contributed by atoms with van der Waals surface area (Å²) in [6.07, 6.45) is 0.724. The monoisotopic (exact) mass is 247 g/mol. The zero-order valence-electron chi connectivity index (χ0n) is 10.9. The lowest BCUT2D eigenvalue weighted by atomic mass is 10.0. The second-order valence-electron chi connectivity index (χ2n) is 4.61. The third-order valence-corrected chi connectivity index (χ3v) is 3.15. The predicted octanol–water partition coefficient (Wildman–Crippen LogP) is 1.87. The van der Waals surface area contributed by atoms with E-state index in [0.717, 1.165) is 23.2 Å². The van der Waals surface area contributed by atoms with Gasteiger partial charge in [0.25, 0.3) is 11.7 Å². The number of Topliss-reactive ketones (excluding diaryl/α,β-unsaturated/α-hetero) is 1. The Labute approximate surface area is 107 Å². The first kappa shape index (κ1) is 12.8. The molecule has 0 saturated carbocycles. The summed E-state index contributed by atoms with van der Waals surface area (Å²) in [5.41, 5.74) is 3.24. The zero-order valence-corrected chi connectivity index (χ0v) is 10.9. The minimum Gasteiger partial charge on any atom is -0.385 e. The number of hydrogen-bond acceptors (Lipinski definition) is 3. The lowest BCUT2D eigenvalue weighted by molar-refractivity contribution is -0.114. The molecule has 0 unspecified atom stereocenters.